The molecule has 2 N–H and O–H groups in total. The van der Waals surface area contributed by atoms with E-state index in [9.17, 15) is 4.79 Å². The fraction of sp³-hybridized carbons (Fsp3) is 0.294. The molecule has 1 aliphatic rings. The Kier molecular flexibility index (Phi) is 6.39. The number of hydrogen-bond acceptors (Lipinski definition) is 5. The van der Waals surface area contributed by atoms with E-state index in [4.69, 9.17) is 17.0 Å². The summed E-state index contributed by atoms with van der Waals surface area (Å²) in [4.78, 5) is 15.1. The van der Waals surface area contributed by atoms with E-state index in [-0.39, 0.29) is 11.0 Å². The first-order valence-corrected chi connectivity index (χ1v) is 9.79. The Hall–Kier alpha value is -1.17. The maximum Gasteiger partial charge on any atom is 0.164 e. The van der Waals surface area contributed by atoms with Crippen LogP contribution in [0, 0.1) is 5.41 Å². The van der Waals surface area contributed by atoms with Crippen LogP contribution in [0.15, 0.2) is 50.2 Å². The second-order valence-electron chi connectivity index (χ2n) is 4.88. The van der Waals surface area contributed by atoms with Gasteiger partial charge in [-0.3, -0.25) is 10.2 Å². The number of thioether (sulfide) groups is 2. The Morgan fingerprint density at radius 2 is 2.17 bits per heavy atom. The van der Waals surface area contributed by atoms with Crippen molar-refractivity contribution < 1.29 is 4.79 Å². The van der Waals surface area contributed by atoms with Gasteiger partial charge in [0.2, 0.25) is 0 Å². The third-order valence-corrected chi connectivity index (χ3v) is 5.65. The number of hydrogen-bond donors (Lipinski definition) is 2. The number of ketones is 1. The second-order valence-corrected chi connectivity index (χ2v) is 7.16. The first-order chi connectivity index (χ1) is 11.0. The first-order valence-electron chi connectivity index (χ1n) is 7.37. The Bertz CT molecular complexity index is 711. The average Bonchev–Trinajstić information content (AvgIpc) is 2.57. The number of fused-ring (bicyclic) bond motifs is 1. The Balaban J connectivity index is 2.60. The largest absolute Gasteiger partial charge is 0.352 e. The molecule has 0 saturated carbocycles. The van der Waals surface area contributed by atoms with Gasteiger partial charge < -0.3 is 5.32 Å². The van der Waals surface area contributed by atoms with Crippen LogP contribution in [0.3, 0.4) is 0 Å². The molecule has 0 aromatic heterocycles. The molecule has 0 fully saturated rings. The zero-order valence-corrected chi connectivity index (χ0v) is 15.7. The molecule has 0 atom stereocenters. The molecule has 0 amide bonds. The number of nitrogens with one attached hydrogen (secondary N) is 2. The van der Waals surface area contributed by atoms with E-state index in [0.717, 1.165) is 21.9 Å². The summed E-state index contributed by atoms with van der Waals surface area (Å²) < 4.78 is 0. The zero-order chi connectivity index (χ0) is 17.0. The first kappa shape index (κ1) is 18.2. The van der Waals surface area contributed by atoms with Crippen molar-refractivity contribution in [1.29, 1.82) is 5.41 Å². The number of anilines is 1. The summed E-state index contributed by atoms with van der Waals surface area (Å²) in [7, 11) is 0. The van der Waals surface area contributed by atoms with E-state index in [1.54, 1.807) is 11.8 Å². The summed E-state index contributed by atoms with van der Waals surface area (Å²) >= 11 is 9.09. The van der Waals surface area contributed by atoms with Crippen molar-refractivity contribution >= 4 is 51.8 Å². The summed E-state index contributed by atoms with van der Waals surface area (Å²) in [5.74, 6) is 0.0513. The minimum atomic E-state index is -0.0522. The van der Waals surface area contributed by atoms with Crippen LogP contribution >= 0.6 is 35.1 Å². The lowest BCUT2D eigenvalue weighted by Gasteiger charge is -2.26. The molecule has 1 aromatic rings. The van der Waals surface area contributed by atoms with Crippen LogP contribution in [0.25, 0.3) is 0 Å². The van der Waals surface area contributed by atoms with Gasteiger partial charge in [-0.1, -0.05) is 49.4 Å². The van der Waals surface area contributed by atoms with E-state index in [2.05, 4.69) is 5.32 Å². The van der Waals surface area contributed by atoms with Crippen molar-refractivity contribution in [2.24, 2.45) is 0 Å². The highest BCUT2D eigenvalue weighted by atomic mass is 35.5. The monoisotopic (exact) mass is 366 g/mol. The summed E-state index contributed by atoms with van der Waals surface area (Å²) in [5.41, 5.74) is 2.25. The Morgan fingerprint density at radius 3 is 2.74 bits per heavy atom. The molecule has 2 rings (SSSR count). The zero-order valence-electron chi connectivity index (χ0n) is 13.3. The Labute approximate surface area is 150 Å². The molecule has 0 radical (unpaired) electrons. The molecule has 122 valence electrons. The number of carbonyl (C=O) groups is 1. The number of Topliss-reactive ketones (excluding diaryl/α,β-unsaturated/α-hetero) is 1. The number of halogens is 1. The number of carbonyl (C=O) groups excluding carboxylic acids is 1. The van der Waals surface area contributed by atoms with Crippen molar-refractivity contribution in [3.8, 4) is 0 Å². The molecule has 1 heterocycles. The predicted octanol–water partition coefficient (Wildman–Crippen LogP) is 5.67. The summed E-state index contributed by atoms with van der Waals surface area (Å²) in [5, 5.41) is 11.2. The van der Waals surface area contributed by atoms with Gasteiger partial charge in [0.1, 0.15) is 5.17 Å². The highest BCUT2D eigenvalue weighted by Gasteiger charge is 2.26. The minimum absolute atomic E-state index is 0.0513. The molecule has 3 nitrogen and oxygen atoms in total. The van der Waals surface area contributed by atoms with Gasteiger partial charge in [0.25, 0.3) is 0 Å². The third kappa shape index (κ3) is 3.84. The standard InChI is InChI=1S/C17H19ClN2OS2/c1-4-7-10(11(21)5-2)14-16(17(18)19)23-13-9-6-8-12(22-3)15(13)20-14/h6-9,19-20H,4-5H2,1-3H3/b10-7+,19-17?. The molecule has 6 heteroatoms. The molecule has 0 unspecified atom stereocenters. The molecule has 0 aliphatic carbocycles. The normalized spacial score (nSPS) is 14.3. The van der Waals surface area contributed by atoms with Crippen LogP contribution in [-0.2, 0) is 4.79 Å². The van der Waals surface area contributed by atoms with Gasteiger partial charge in [-0.25, -0.2) is 0 Å². The molecule has 0 saturated heterocycles. The van der Waals surface area contributed by atoms with Crippen LogP contribution in [0.5, 0.6) is 0 Å². The fourth-order valence-electron chi connectivity index (χ4n) is 2.33. The maximum atomic E-state index is 12.4. The highest BCUT2D eigenvalue weighted by Crippen LogP contribution is 2.46. The number of rotatable bonds is 6. The van der Waals surface area contributed by atoms with Crippen LogP contribution in [0.1, 0.15) is 26.7 Å². The van der Waals surface area contributed by atoms with Gasteiger partial charge in [0.05, 0.1) is 16.3 Å². The molecule has 0 spiro atoms. The van der Waals surface area contributed by atoms with Gasteiger partial charge in [-0.15, -0.1) is 11.8 Å². The lowest BCUT2D eigenvalue weighted by molar-refractivity contribution is -0.115. The van der Waals surface area contributed by atoms with Gasteiger partial charge in [-0.05, 0) is 24.8 Å². The summed E-state index contributed by atoms with van der Waals surface area (Å²) in [6.07, 6.45) is 5.09. The number of benzene rings is 1. The molecule has 1 aromatic carbocycles. The Morgan fingerprint density at radius 1 is 1.43 bits per heavy atom. The second kappa shape index (κ2) is 8.08. The smallest absolute Gasteiger partial charge is 0.164 e. The predicted molar refractivity (Wildman–Crippen MR) is 102 cm³/mol. The van der Waals surface area contributed by atoms with Gasteiger partial charge in [-0.2, -0.15) is 0 Å². The number of para-hydroxylation sites is 1. The molecule has 0 bridgehead atoms. The van der Waals surface area contributed by atoms with Crippen molar-refractivity contribution in [1.82, 2.24) is 0 Å². The van der Waals surface area contributed by atoms with E-state index in [0.29, 0.717) is 22.6 Å². The fourth-order valence-corrected chi connectivity index (χ4v) is 4.16. The van der Waals surface area contributed by atoms with Crippen molar-refractivity contribution in [2.45, 2.75) is 36.5 Å². The van der Waals surface area contributed by atoms with Gasteiger partial charge in [0.15, 0.2) is 5.78 Å². The van der Waals surface area contributed by atoms with E-state index in [1.165, 1.54) is 11.8 Å². The molecule has 23 heavy (non-hydrogen) atoms. The van der Waals surface area contributed by atoms with Gasteiger partial charge >= 0.3 is 0 Å². The van der Waals surface area contributed by atoms with E-state index in [1.807, 2.05) is 44.4 Å². The molecular weight excluding hydrogens is 348 g/mol. The average molecular weight is 367 g/mol. The maximum absolute atomic E-state index is 12.4. The van der Waals surface area contributed by atoms with Crippen molar-refractivity contribution in [2.75, 3.05) is 11.6 Å². The van der Waals surface area contributed by atoms with Crippen molar-refractivity contribution in [3.05, 3.63) is 40.5 Å². The lowest BCUT2D eigenvalue weighted by Crippen LogP contribution is -2.17. The van der Waals surface area contributed by atoms with Crippen LogP contribution < -0.4 is 5.32 Å². The quantitative estimate of drug-likeness (QED) is 0.387. The topological polar surface area (TPSA) is 53.0 Å². The third-order valence-electron chi connectivity index (χ3n) is 3.40. The SMILES string of the molecule is CC/C=C(\C(=O)CC)C1=C(C(=N)Cl)Sc2cccc(SC)c2N1. The van der Waals surface area contributed by atoms with Crippen LogP contribution in [0.2, 0.25) is 0 Å². The van der Waals surface area contributed by atoms with E-state index >= 15 is 0 Å². The van der Waals surface area contributed by atoms with Crippen LogP contribution in [0.4, 0.5) is 5.69 Å². The highest BCUT2D eigenvalue weighted by molar-refractivity contribution is 8.04. The van der Waals surface area contributed by atoms with Gasteiger partial charge in [0, 0.05) is 21.8 Å². The summed E-state index contributed by atoms with van der Waals surface area (Å²) in [6, 6.07) is 6.02. The van der Waals surface area contributed by atoms with Crippen LogP contribution in [-0.4, -0.2) is 17.2 Å². The minimum Gasteiger partial charge on any atom is -0.352 e. The number of allylic oxidation sites excluding steroid dienone is 3. The van der Waals surface area contributed by atoms with Crippen molar-refractivity contribution in [3.63, 3.8) is 0 Å². The van der Waals surface area contributed by atoms with E-state index < -0.39 is 0 Å². The molecular formula is C17H19ClN2OS2. The lowest BCUT2D eigenvalue weighted by atomic mass is 10.0. The molecule has 1 aliphatic heterocycles. The summed E-state index contributed by atoms with van der Waals surface area (Å²) in [6.45, 7) is 3.84.